The van der Waals surface area contributed by atoms with Gasteiger partial charge >= 0.3 is 0 Å². The van der Waals surface area contributed by atoms with Crippen molar-refractivity contribution >= 4 is 22.3 Å². The van der Waals surface area contributed by atoms with E-state index in [4.69, 9.17) is 0 Å². The number of fused-ring (bicyclic) bond motifs is 1. The molecule has 130 valence electrons. The maximum absolute atomic E-state index is 12.6. The van der Waals surface area contributed by atoms with Gasteiger partial charge in [0.2, 0.25) is 0 Å². The summed E-state index contributed by atoms with van der Waals surface area (Å²) in [5.74, 6) is -0.165. The van der Waals surface area contributed by atoms with Crippen LogP contribution in [0.1, 0.15) is 36.3 Å². The molecule has 0 N–H and O–H groups in total. The second-order valence-corrected chi connectivity index (χ2v) is 7.22. The molecule has 0 saturated heterocycles. The van der Waals surface area contributed by atoms with Gasteiger partial charge in [-0.15, -0.1) is 0 Å². The van der Waals surface area contributed by atoms with E-state index < -0.39 is 5.92 Å². The van der Waals surface area contributed by atoms with Gasteiger partial charge in [0.1, 0.15) is 11.6 Å². The normalized spacial score (nSPS) is 20.5. The molecule has 1 fully saturated rings. The Bertz CT molecular complexity index is 925. The van der Waals surface area contributed by atoms with Crippen molar-refractivity contribution < 1.29 is 9.59 Å². The fourth-order valence-corrected chi connectivity index (χ4v) is 4.01. The van der Waals surface area contributed by atoms with Crippen molar-refractivity contribution in [2.75, 3.05) is 0 Å². The van der Waals surface area contributed by atoms with E-state index in [1.807, 2.05) is 42.5 Å². The van der Waals surface area contributed by atoms with Crippen LogP contribution in [0.4, 0.5) is 0 Å². The highest BCUT2D eigenvalue weighted by Gasteiger charge is 2.35. The molecule has 0 bridgehead atoms. The zero-order valence-corrected chi connectivity index (χ0v) is 14.7. The Morgan fingerprint density at radius 3 is 2.12 bits per heavy atom. The second-order valence-electron chi connectivity index (χ2n) is 7.22. The first-order valence-electron chi connectivity index (χ1n) is 9.29. The summed E-state index contributed by atoms with van der Waals surface area (Å²) in [6, 6.07) is 24.6. The number of hydrogen-bond donors (Lipinski definition) is 0. The number of carbonyl (C=O) groups excluding carboxylic acids is 2. The van der Waals surface area contributed by atoms with Crippen LogP contribution < -0.4 is 0 Å². The lowest BCUT2D eigenvalue weighted by molar-refractivity contribution is -0.136. The first-order valence-corrected chi connectivity index (χ1v) is 9.29. The lowest BCUT2D eigenvalue weighted by Gasteiger charge is -2.26. The van der Waals surface area contributed by atoms with Crippen molar-refractivity contribution in [2.24, 2.45) is 5.92 Å². The first kappa shape index (κ1) is 16.7. The topological polar surface area (TPSA) is 34.1 Å². The van der Waals surface area contributed by atoms with E-state index in [1.54, 1.807) is 0 Å². The van der Waals surface area contributed by atoms with Gasteiger partial charge in [-0.2, -0.15) is 0 Å². The molecule has 0 amide bonds. The van der Waals surface area contributed by atoms with Crippen LogP contribution in [0.2, 0.25) is 0 Å². The molecule has 26 heavy (non-hydrogen) atoms. The maximum Gasteiger partial charge on any atom is 0.143 e. The molecule has 2 heteroatoms. The van der Waals surface area contributed by atoms with E-state index >= 15 is 0 Å². The third kappa shape index (κ3) is 3.45. The average molecular weight is 342 g/mol. The Morgan fingerprint density at radius 1 is 0.731 bits per heavy atom. The summed E-state index contributed by atoms with van der Waals surface area (Å²) in [6.45, 7) is 0. The molecule has 3 aromatic rings. The van der Waals surface area contributed by atoms with Crippen molar-refractivity contribution in [1.82, 2.24) is 0 Å². The summed E-state index contributed by atoms with van der Waals surface area (Å²) in [5.41, 5.74) is 2.29. The summed E-state index contributed by atoms with van der Waals surface area (Å²) in [7, 11) is 0. The Hall–Kier alpha value is -2.74. The van der Waals surface area contributed by atoms with Crippen molar-refractivity contribution in [3.8, 4) is 0 Å². The number of benzene rings is 3. The Morgan fingerprint density at radius 2 is 1.38 bits per heavy atom. The largest absolute Gasteiger partial charge is 0.299 e. The van der Waals surface area contributed by atoms with Crippen molar-refractivity contribution in [3.05, 3.63) is 83.9 Å². The quantitative estimate of drug-likeness (QED) is 0.618. The number of ketones is 2. The molecule has 0 spiro atoms. The monoisotopic (exact) mass is 342 g/mol. The zero-order chi connectivity index (χ0) is 17.9. The SMILES string of the molecule is O=C1CC(c2ccccc2)CC(=O)C1CCc1ccc2ccccc2c1. The standard InChI is InChI=1S/C24H22O2/c25-23-15-21(18-6-2-1-3-7-18)16-24(26)22(23)13-11-17-10-12-19-8-4-5-9-20(19)14-17/h1-10,12,14,21-22H,11,13,15-16H2. The van der Waals surface area contributed by atoms with Crippen LogP contribution >= 0.6 is 0 Å². The summed E-state index contributed by atoms with van der Waals surface area (Å²) >= 11 is 0. The molecule has 0 heterocycles. The number of carbonyl (C=O) groups is 2. The van der Waals surface area contributed by atoms with Gasteiger partial charge in [0.05, 0.1) is 5.92 Å². The van der Waals surface area contributed by atoms with Gasteiger partial charge < -0.3 is 0 Å². The zero-order valence-electron chi connectivity index (χ0n) is 14.7. The van der Waals surface area contributed by atoms with E-state index in [1.165, 1.54) is 16.3 Å². The molecule has 4 rings (SSSR count). The number of aryl methyl sites for hydroxylation is 1. The van der Waals surface area contributed by atoms with Gasteiger partial charge in [0, 0.05) is 12.8 Å². The van der Waals surface area contributed by atoms with Crippen molar-refractivity contribution in [2.45, 2.75) is 31.6 Å². The molecule has 0 aliphatic heterocycles. The van der Waals surface area contributed by atoms with E-state index in [0.29, 0.717) is 19.3 Å². The highest BCUT2D eigenvalue weighted by molar-refractivity contribution is 6.05. The van der Waals surface area contributed by atoms with Crippen LogP contribution in [0.5, 0.6) is 0 Å². The molecule has 0 aromatic heterocycles. The van der Waals surface area contributed by atoms with Gasteiger partial charge in [-0.05, 0) is 40.7 Å². The van der Waals surface area contributed by atoms with Crippen LogP contribution in [0.3, 0.4) is 0 Å². The number of rotatable bonds is 4. The number of Topliss-reactive ketones (excluding diaryl/α,β-unsaturated/α-hetero) is 2. The second kappa shape index (κ2) is 7.25. The van der Waals surface area contributed by atoms with Crippen molar-refractivity contribution in [1.29, 1.82) is 0 Å². The molecule has 1 saturated carbocycles. The fraction of sp³-hybridized carbons (Fsp3) is 0.250. The highest BCUT2D eigenvalue weighted by Crippen LogP contribution is 2.33. The van der Waals surface area contributed by atoms with E-state index in [0.717, 1.165) is 12.0 Å². The van der Waals surface area contributed by atoms with E-state index in [9.17, 15) is 9.59 Å². The maximum atomic E-state index is 12.6. The fourth-order valence-electron chi connectivity index (χ4n) is 4.01. The molecule has 0 radical (unpaired) electrons. The van der Waals surface area contributed by atoms with Crippen LogP contribution in [0.25, 0.3) is 10.8 Å². The molecule has 1 aliphatic carbocycles. The lowest BCUT2D eigenvalue weighted by Crippen LogP contribution is -2.32. The minimum atomic E-state index is -0.429. The van der Waals surface area contributed by atoms with E-state index in [-0.39, 0.29) is 17.5 Å². The van der Waals surface area contributed by atoms with Crippen LogP contribution in [0, 0.1) is 5.92 Å². The molecule has 3 aromatic carbocycles. The van der Waals surface area contributed by atoms with Crippen molar-refractivity contribution in [3.63, 3.8) is 0 Å². The van der Waals surface area contributed by atoms with Gasteiger partial charge in [0.25, 0.3) is 0 Å². The third-order valence-electron chi connectivity index (χ3n) is 5.48. The van der Waals surface area contributed by atoms with Crippen LogP contribution in [-0.2, 0) is 16.0 Å². The highest BCUT2D eigenvalue weighted by atomic mass is 16.2. The summed E-state index contributed by atoms with van der Waals surface area (Å²) in [6.07, 6.45) is 2.36. The predicted molar refractivity (Wildman–Crippen MR) is 104 cm³/mol. The smallest absolute Gasteiger partial charge is 0.143 e. The van der Waals surface area contributed by atoms with Gasteiger partial charge in [0.15, 0.2) is 0 Å². The molecular formula is C24H22O2. The Balaban J connectivity index is 1.43. The van der Waals surface area contributed by atoms with Gasteiger partial charge in [-0.25, -0.2) is 0 Å². The number of hydrogen-bond acceptors (Lipinski definition) is 2. The molecule has 0 unspecified atom stereocenters. The predicted octanol–water partition coefficient (Wildman–Crippen LogP) is 5.10. The summed E-state index contributed by atoms with van der Waals surface area (Å²) in [5, 5.41) is 2.42. The lowest BCUT2D eigenvalue weighted by atomic mass is 9.75. The molecular weight excluding hydrogens is 320 g/mol. The molecule has 1 aliphatic rings. The minimum absolute atomic E-state index is 0.0492. The average Bonchev–Trinajstić information content (AvgIpc) is 2.68. The summed E-state index contributed by atoms with van der Waals surface area (Å²) < 4.78 is 0. The van der Waals surface area contributed by atoms with Crippen LogP contribution in [-0.4, -0.2) is 11.6 Å². The first-order chi connectivity index (χ1) is 12.7. The molecule has 2 nitrogen and oxygen atoms in total. The Kier molecular flexibility index (Phi) is 4.66. The Labute approximate surface area is 153 Å². The van der Waals surface area contributed by atoms with E-state index in [2.05, 4.69) is 30.3 Å². The third-order valence-corrected chi connectivity index (χ3v) is 5.48. The van der Waals surface area contributed by atoms with Gasteiger partial charge in [-0.1, -0.05) is 72.8 Å². The minimum Gasteiger partial charge on any atom is -0.299 e. The van der Waals surface area contributed by atoms with Crippen LogP contribution in [0.15, 0.2) is 72.8 Å². The molecule has 0 atom stereocenters. The summed E-state index contributed by atoms with van der Waals surface area (Å²) in [4.78, 5) is 25.2. The van der Waals surface area contributed by atoms with Gasteiger partial charge in [-0.3, -0.25) is 9.59 Å².